The molecule has 0 heterocycles. The number of rotatable bonds is 4. The Morgan fingerprint density at radius 3 is 2.15 bits per heavy atom. The number of carbonyl (C=O) groups excluding carboxylic acids is 1. The average Bonchev–Trinajstić information content (AvgIpc) is 2.43. The van der Waals surface area contributed by atoms with E-state index >= 15 is 0 Å². The third kappa shape index (κ3) is 5.07. The quantitative estimate of drug-likeness (QED) is 0.678. The van der Waals surface area contributed by atoms with E-state index in [0.717, 1.165) is 0 Å². The largest absolute Gasteiger partial charge is 0.445 e. The van der Waals surface area contributed by atoms with Crippen molar-refractivity contribution in [3.05, 3.63) is 35.9 Å². The third-order valence-electron chi connectivity index (χ3n) is 2.85. The maximum absolute atomic E-state index is 12.0. The van der Waals surface area contributed by atoms with Gasteiger partial charge in [-0.25, -0.2) is 4.79 Å². The molecule has 1 rings (SSSR count). The molecular weight excluding hydrogens is 252 g/mol. The lowest BCUT2D eigenvalue weighted by atomic mass is 10.0. The highest BCUT2D eigenvalue weighted by Gasteiger charge is 2.17. The molecule has 0 aliphatic rings. The lowest BCUT2D eigenvalue weighted by molar-refractivity contribution is 0.0328. The highest BCUT2D eigenvalue weighted by Crippen LogP contribution is 2.10. The lowest BCUT2D eigenvalue weighted by Crippen LogP contribution is -2.23. The van der Waals surface area contributed by atoms with Gasteiger partial charge in [-0.1, -0.05) is 57.7 Å². The summed E-state index contributed by atoms with van der Waals surface area (Å²) in [4.78, 5) is 12.0. The first kappa shape index (κ1) is 16.3. The Balaban J connectivity index is 2.76. The zero-order chi connectivity index (χ0) is 15.1. The molecule has 1 N–H and O–H groups in total. The van der Waals surface area contributed by atoms with Gasteiger partial charge >= 0.3 is 5.97 Å². The van der Waals surface area contributed by atoms with Gasteiger partial charge in [-0.3, -0.25) is 0 Å². The molecule has 0 radical (unpaired) electrons. The first-order valence-electron chi connectivity index (χ1n) is 6.87. The van der Waals surface area contributed by atoms with E-state index in [1.165, 1.54) is 0 Å². The molecule has 1 aromatic carbocycles. The predicted molar refractivity (Wildman–Crippen MR) is 79.1 cm³/mol. The molecule has 0 aliphatic carbocycles. The number of hydrogen-bond donors (Lipinski definition) is 1. The van der Waals surface area contributed by atoms with E-state index in [-0.39, 0.29) is 11.8 Å². The van der Waals surface area contributed by atoms with Crippen molar-refractivity contribution in [2.24, 2.45) is 11.8 Å². The highest BCUT2D eigenvalue weighted by molar-refractivity contribution is 5.89. The maximum atomic E-state index is 12.0. The Kier molecular flexibility index (Phi) is 6.27. The topological polar surface area (TPSA) is 46.5 Å². The highest BCUT2D eigenvalue weighted by atomic mass is 16.5. The van der Waals surface area contributed by atoms with E-state index in [1.54, 1.807) is 24.3 Å². The van der Waals surface area contributed by atoms with Gasteiger partial charge in [0.05, 0.1) is 5.56 Å². The second-order valence-corrected chi connectivity index (χ2v) is 5.41. The molecule has 0 amide bonds. The number of hydrogen-bond acceptors (Lipinski definition) is 3. The second-order valence-electron chi connectivity index (χ2n) is 5.41. The summed E-state index contributed by atoms with van der Waals surface area (Å²) < 4.78 is 5.40. The van der Waals surface area contributed by atoms with E-state index in [1.807, 2.05) is 33.8 Å². The summed E-state index contributed by atoms with van der Waals surface area (Å²) in [5.74, 6) is 5.34. The van der Waals surface area contributed by atoms with Crippen LogP contribution in [0.1, 0.15) is 38.1 Å². The Morgan fingerprint density at radius 1 is 1.05 bits per heavy atom. The second kappa shape index (κ2) is 7.72. The molecular formula is C17H22O3. The van der Waals surface area contributed by atoms with Crippen LogP contribution in [0.15, 0.2) is 30.3 Å². The number of aliphatic hydroxyl groups is 1. The minimum absolute atomic E-state index is 0.0557. The molecule has 0 fully saturated rings. The molecule has 1 aromatic rings. The summed E-state index contributed by atoms with van der Waals surface area (Å²) in [6.45, 7) is 7.64. The fourth-order valence-electron chi connectivity index (χ4n) is 1.42. The Hall–Kier alpha value is -1.79. The zero-order valence-electron chi connectivity index (χ0n) is 12.5. The number of carbonyl (C=O) groups is 1. The van der Waals surface area contributed by atoms with Crippen LogP contribution in [0.5, 0.6) is 0 Å². The van der Waals surface area contributed by atoms with Crippen molar-refractivity contribution in [2.45, 2.75) is 39.9 Å². The van der Waals surface area contributed by atoms with Crippen LogP contribution in [0.4, 0.5) is 0 Å². The standard InChI is InChI=1S/C17H22O3/c1-12(2)15(18)10-11-16(13(3)4)20-17(19)14-8-6-5-7-9-14/h5-9,12-13,15-16,18H,1-4H3/t15-,16-/m0/s1. The first-order chi connectivity index (χ1) is 9.41. The van der Waals surface area contributed by atoms with E-state index in [4.69, 9.17) is 4.74 Å². The summed E-state index contributed by atoms with van der Waals surface area (Å²) in [7, 11) is 0. The summed E-state index contributed by atoms with van der Waals surface area (Å²) >= 11 is 0. The van der Waals surface area contributed by atoms with Crippen LogP contribution in [-0.2, 0) is 4.74 Å². The summed E-state index contributed by atoms with van der Waals surface area (Å²) in [6.07, 6.45) is -1.22. The number of benzene rings is 1. The van der Waals surface area contributed by atoms with Crippen LogP contribution in [0.3, 0.4) is 0 Å². The van der Waals surface area contributed by atoms with Gasteiger partial charge in [-0.15, -0.1) is 0 Å². The molecule has 0 bridgehead atoms. The van der Waals surface area contributed by atoms with Crippen molar-refractivity contribution in [3.8, 4) is 11.8 Å². The minimum atomic E-state index is -0.702. The van der Waals surface area contributed by atoms with Gasteiger partial charge in [-0.05, 0) is 18.1 Å². The number of ether oxygens (including phenoxy) is 1. The predicted octanol–water partition coefficient (Wildman–Crippen LogP) is 2.89. The van der Waals surface area contributed by atoms with E-state index < -0.39 is 18.2 Å². The minimum Gasteiger partial charge on any atom is -0.445 e. The molecule has 108 valence electrons. The van der Waals surface area contributed by atoms with Crippen molar-refractivity contribution < 1.29 is 14.6 Å². The molecule has 0 aromatic heterocycles. The van der Waals surface area contributed by atoms with Gasteiger partial charge in [-0.2, -0.15) is 0 Å². The van der Waals surface area contributed by atoms with Gasteiger partial charge in [0.15, 0.2) is 6.10 Å². The van der Waals surface area contributed by atoms with Crippen molar-refractivity contribution >= 4 is 5.97 Å². The van der Waals surface area contributed by atoms with Crippen molar-refractivity contribution in [1.82, 2.24) is 0 Å². The molecule has 0 spiro atoms. The Bertz CT molecular complexity index is 480. The van der Waals surface area contributed by atoms with Crippen LogP contribution in [0.25, 0.3) is 0 Å². The third-order valence-corrected chi connectivity index (χ3v) is 2.85. The van der Waals surface area contributed by atoms with Gasteiger partial charge in [0.1, 0.15) is 6.10 Å². The molecule has 0 unspecified atom stereocenters. The number of aliphatic hydroxyl groups excluding tert-OH is 1. The molecule has 2 atom stereocenters. The van der Waals surface area contributed by atoms with Crippen LogP contribution in [0, 0.1) is 23.7 Å². The van der Waals surface area contributed by atoms with Gasteiger partial charge in [0.2, 0.25) is 0 Å². The van der Waals surface area contributed by atoms with E-state index in [0.29, 0.717) is 5.56 Å². The summed E-state index contributed by atoms with van der Waals surface area (Å²) in [5.41, 5.74) is 0.504. The molecule has 3 nitrogen and oxygen atoms in total. The van der Waals surface area contributed by atoms with E-state index in [9.17, 15) is 9.90 Å². The number of esters is 1. The Labute approximate surface area is 121 Å². The van der Waals surface area contributed by atoms with Gasteiger partial charge in [0.25, 0.3) is 0 Å². The summed E-state index contributed by atoms with van der Waals surface area (Å²) in [5, 5.41) is 9.69. The fourth-order valence-corrected chi connectivity index (χ4v) is 1.42. The molecule has 3 heteroatoms. The van der Waals surface area contributed by atoms with Crippen LogP contribution in [-0.4, -0.2) is 23.3 Å². The summed E-state index contributed by atoms with van der Waals surface area (Å²) in [6, 6.07) is 8.83. The Morgan fingerprint density at radius 2 is 1.65 bits per heavy atom. The normalized spacial score (nSPS) is 13.6. The molecule has 0 saturated carbocycles. The first-order valence-corrected chi connectivity index (χ1v) is 6.87. The van der Waals surface area contributed by atoms with Crippen LogP contribution < -0.4 is 0 Å². The van der Waals surface area contributed by atoms with Gasteiger partial charge in [0, 0.05) is 5.92 Å². The SMILES string of the molecule is CC(C)[C@H](C#C[C@H](O)C(C)C)OC(=O)c1ccccc1. The average molecular weight is 274 g/mol. The fraction of sp³-hybridized carbons (Fsp3) is 0.471. The van der Waals surface area contributed by atoms with Crippen LogP contribution in [0.2, 0.25) is 0 Å². The van der Waals surface area contributed by atoms with Crippen molar-refractivity contribution in [1.29, 1.82) is 0 Å². The lowest BCUT2D eigenvalue weighted by Gasteiger charge is -2.16. The molecule has 0 saturated heterocycles. The smallest absolute Gasteiger partial charge is 0.339 e. The van der Waals surface area contributed by atoms with Gasteiger partial charge < -0.3 is 9.84 Å². The van der Waals surface area contributed by atoms with Crippen molar-refractivity contribution in [3.63, 3.8) is 0 Å². The van der Waals surface area contributed by atoms with Crippen LogP contribution >= 0.6 is 0 Å². The molecule has 20 heavy (non-hydrogen) atoms. The zero-order valence-corrected chi connectivity index (χ0v) is 12.5. The van der Waals surface area contributed by atoms with E-state index in [2.05, 4.69) is 11.8 Å². The monoisotopic (exact) mass is 274 g/mol. The van der Waals surface area contributed by atoms with Crippen molar-refractivity contribution in [2.75, 3.05) is 0 Å². The maximum Gasteiger partial charge on any atom is 0.339 e. The molecule has 0 aliphatic heterocycles.